The van der Waals surface area contributed by atoms with E-state index in [1.165, 1.54) is 22.1 Å². The molecular formula is C16H19IN4. The minimum Gasteiger partial charge on any atom is -0.369 e. The van der Waals surface area contributed by atoms with Crippen LogP contribution >= 0.6 is 22.6 Å². The van der Waals surface area contributed by atoms with Crippen LogP contribution in [0.1, 0.15) is 43.4 Å². The minimum atomic E-state index is 0.603. The van der Waals surface area contributed by atoms with Gasteiger partial charge >= 0.3 is 0 Å². The molecule has 3 rings (SSSR count). The molecular weight excluding hydrogens is 375 g/mol. The quantitative estimate of drug-likeness (QED) is 0.775. The minimum absolute atomic E-state index is 0.603. The van der Waals surface area contributed by atoms with E-state index < -0.39 is 0 Å². The molecule has 0 saturated heterocycles. The second-order valence-corrected chi connectivity index (χ2v) is 6.60. The lowest BCUT2D eigenvalue weighted by Crippen LogP contribution is -2.09. The molecule has 0 unspecified atom stereocenters. The number of halogens is 1. The lowest BCUT2D eigenvalue weighted by molar-refractivity contribution is 0.936. The van der Waals surface area contributed by atoms with Crippen molar-refractivity contribution in [2.24, 2.45) is 0 Å². The highest BCUT2D eigenvalue weighted by atomic mass is 127. The molecule has 1 saturated carbocycles. The van der Waals surface area contributed by atoms with Crippen molar-refractivity contribution in [1.29, 1.82) is 0 Å². The fourth-order valence-electron chi connectivity index (χ4n) is 2.17. The first-order chi connectivity index (χ1) is 10.2. The van der Waals surface area contributed by atoms with Crippen LogP contribution in [0, 0.1) is 10.5 Å². The predicted molar refractivity (Wildman–Crippen MR) is 93.5 cm³/mol. The van der Waals surface area contributed by atoms with Gasteiger partial charge in [-0.1, -0.05) is 13.0 Å². The van der Waals surface area contributed by atoms with Crippen LogP contribution in [0.15, 0.2) is 18.3 Å². The number of hydrogen-bond acceptors (Lipinski definition) is 4. The van der Waals surface area contributed by atoms with Crippen molar-refractivity contribution in [2.75, 3.05) is 11.9 Å². The first-order valence-corrected chi connectivity index (χ1v) is 8.51. The number of aryl methyl sites for hydroxylation is 1. The predicted octanol–water partition coefficient (Wildman–Crippen LogP) is 4.15. The molecule has 21 heavy (non-hydrogen) atoms. The Morgan fingerprint density at radius 3 is 2.71 bits per heavy atom. The van der Waals surface area contributed by atoms with Crippen molar-refractivity contribution in [3.05, 3.63) is 33.2 Å². The first kappa shape index (κ1) is 14.7. The topological polar surface area (TPSA) is 50.7 Å². The monoisotopic (exact) mass is 394 g/mol. The van der Waals surface area contributed by atoms with Crippen LogP contribution in [0.2, 0.25) is 0 Å². The Hall–Kier alpha value is -1.24. The van der Waals surface area contributed by atoms with Gasteiger partial charge in [0, 0.05) is 18.7 Å². The number of pyridine rings is 1. The smallest absolute Gasteiger partial charge is 0.180 e. The average Bonchev–Trinajstić information content (AvgIpc) is 3.32. The molecule has 1 aliphatic rings. The lowest BCUT2D eigenvalue weighted by atomic mass is 10.2. The number of aromatic nitrogens is 3. The van der Waals surface area contributed by atoms with E-state index in [2.05, 4.69) is 50.9 Å². The largest absolute Gasteiger partial charge is 0.369 e. The van der Waals surface area contributed by atoms with Gasteiger partial charge in [0.2, 0.25) is 0 Å². The summed E-state index contributed by atoms with van der Waals surface area (Å²) < 4.78 is 1.17. The van der Waals surface area contributed by atoms with Crippen LogP contribution in [-0.4, -0.2) is 21.5 Å². The highest BCUT2D eigenvalue weighted by Gasteiger charge is 2.29. The van der Waals surface area contributed by atoms with Crippen LogP contribution in [0.3, 0.4) is 0 Å². The third-order valence-corrected chi connectivity index (χ3v) is 4.59. The summed E-state index contributed by atoms with van der Waals surface area (Å²) in [6.07, 6.45) is 5.42. The third-order valence-electron chi connectivity index (χ3n) is 3.52. The van der Waals surface area contributed by atoms with Crippen molar-refractivity contribution in [2.45, 2.75) is 39.0 Å². The van der Waals surface area contributed by atoms with Gasteiger partial charge in [0.25, 0.3) is 0 Å². The molecule has 0 radical (unpaired) electrons. The number of nitrogens with zero attached hydrogens (tertiary/aromatic N) is 3. The fourth-order valence-corrected chi connectivity index (χ4v) is 3.04. The highest BCUT2D eigenvalue weighted by molar-refractivity contribution is 14.1. The van der Waals surface area contributed by atoms with Gasteiger partial charge in [0.15, 0.2) is 5.82 Å². The van der Waals surface area contributed by atoms with Gasteiger partial charge in [0.1, 0.15) is 11.5 Å². The zero-order chi connectivity index (χ0) is 14.8. The average molecular weight is 394 g/mol. The normalized spacial score (nSPS) is 14.2. The Morgan fingerprint density at radius 1 is 1.29 bits per heavy atom. The highest BCUT2D eigenvalue weighted by Crippen LogP contribution is 2.42. The zero-order valence-electron chi connectivity index (χ0n) is 12.4. The maximum Gasteiger partial charge on any atom is 0.180 e. The van der Waals surface area contributed by atoms with E-state index in [-0.39, 0.29) is 0 Å². The number of anilines is 1. The summed E-state index contributed by atoms with van der Waals surface area (Å²) in [5.74, 6) is 2.29. The summed E-state index contributed by atoms with van der Waals surface area (Å²) in [6, 6.07) is 4.05. The maximum absolute atomic E-state index is 4.78. The van der Waals surface area contributed by atoms with Gasteiger partial charge in [-0.05, 0) is 60.4 Å². The Kier molecular flexibility index (Phi) is 4.37. The molecule has 0 bridgehead atoms. The SMILES string of the molecule is CCCNc1nc(-c2ccc(C)cn2)nc(C2CC2)c1I. The van der Waals surface area contributed by atoms with E-state index in [9.17, 15) is 0 Å². The van der Waals surface area contributed by atoms with Gasteiger partial charge in [0.05, 0.1) is 9.26 Å². The van der Waals surface area contributed by atoms with Gasteiger partial charge in [-0.15, -0.1) is 0 Å². The Bertz CT molecular complexity index is 635. The molecule has 0 aliphatic heterocycles. The molecule has 2 heterocycles. The molecule has 2 aromatic heterocycles. The van der Waals surface area contributed by atoms with E-state index in [1.54, 1.807) is 0 Å². The molecule has 2 aromatic rings. The van der Waals surface area contributed by atoms with E-state index in [4.69, 9.17) is 4.98 Å². The molecule has 0 spiro atoms. The summed E-state index contributed by atoms with van der Waals surface area (Å²) in [5, 5.41) is 3.42. The van der Waals surface area contributed by atoms with Crippen LogP contribution in [-0.2, 0) is 0 Å². The van der Waals surface area contributed by atoms with Gasteiger partial charge in [-0.2, -0.15) is 0 Å². The van der Waals surface area contributed by atoms with Crippen LogP contribution in [0.5, 0.6) is 0 Å². The molecule has 5 heteroatoms. The molecule has 1 aliphatic carbocycles. The van der Waals surface area contributed by atoms with Crippen molar-refractivity contribution >= 4 is 28.4 Å². The van der Waals surface area contributed by atoms with Crippen LogP contribution in [0.4, 0.5) is 5.82 Å². The summed E-state index contributed by atoms with van der Waals surface area (Å²) in [5.41, 5.74) is 3.18. The molecule has 110 valence electrons. The second kappa shape index (κ2) is 6.25. The second-order valence-electron chi connectivity index (χ2n) is 5.52. The van der Waals surface area contributed by atoms with E-state index >= 15 is 0 Å². The Morgan fingerprint density at radius 2 is 2.10 bits per heavy atom. The van der Waals surface area contributed by atoms with Gasteiger partial charge in [-0.25, -0.2) is 9.97 Å². The first-order valence-electron chi connectivity index (χ1n) is 7.43. The van der Waals surface area contributed by atoms with Crippen molar-refractivity contribution in [3.63, 3.8) is 0 Å². The summed E-state index contributed by atoms with van der Waals surface area (Å²) in [4.78, 5) is 13.9. The Balaban J connectivity index is 2.03. The van der Waals surface area contributed by atoms with Crippen molar-refractivity contribution in [3.8, 4) is 11.5 Å². The summed E-state index contributed by atoms with van der Waals surface area (Å²) in [6.45, 7) is 5.12. The van der Waals surface area contributed by atoms with E-state index in [0.717, 1.165) is 35.9 Å². The maximum atomic E-state index is 4.78. The van der Waals surface area contributed by atoms with Crippen molar-refractivity contribution < 1.29 is 0 Å². The van der Waals surface area contributed by atoms with Crippen molar-refractivity contribution in [1.82, 2.24) is 15.0 Å². The molecule has 1 fully saturated rings. The zero-order valence-corrected chi connectivity index (χ0v) is 14.5. The molecule has 0 atom stereocenters. The molecule has 4 nitrogen and oxygen atoms in total. The van der Waals surface area contributed by atoms with Gasteiger partial charge < -0.3 is 5.32 Å². The lowest BCUT2D eigenvalue weighted by Gasteiger charge is -2.12. The standard InChI is InChI=1S/C16H19IN4/c1-3-8-18-16-13(17)14(11-5-6-11)20-15(21-16)12-7-4-10(2)9-19-12/h4,7,9,11H,3,5-6,8H2,1-2H3,(H,18,20,21). The summed E-state index contributed by atoms with van der Waals surface area (Å²) >= 11 is 2.37. The van der Waals surface area contributed by atoms with E-state index in [0.29, 0.717) is 5.92 Å². The number of rotatable bonds is 5. The fraction of sp³-hybridized carbons (Fsp3) is 0.438. The molecule has 0 amide bonds. The van der Waals surface area contributed by atoms with Crippen LogP contribution in [0.25, 0.3) is 11.5 Å². The number of hydrogen-bond donors (Lipinski definition) is 1. The summed E-state index contributed by atoms with van der Waals surface area (Å²) in [7, 11) is 0. The number of nitrogens with one attached hydrogen (secondary N) is 1. The Labute approximate surface area is 139 Å². The van der Waals surface area contributed by atoms with Gasteiger partial charge in [-0.3, -0.25) is 4.98 Å². The molecule has 0 aromatic carbocycles. The molecule has 1 N–H and O–H groups in total. The third kappa shape index (κ3) is 3.33. The van der Waals surface area contributed by atoms with Crippen LogP contribution < -0.4 is 5.32 Å². The van der Waals surface area contributed by atoms with E-state index in [1.807, 2.05) is 19.2 Å².